The van der Waals surface area contributed by atoms with Gasteiger partial charge in [0, 0.05) is 10.7 Å². The Labute approximate surface area is 170 Å². The first kappa shape index (κ1) is 19.8. The van der Waals surface area contributed by atoms with Crippen LogP contribution >= 0.6 is 11.6 Å². The van der Waals surface area contributed by atoms with Crippen molar-refractivity contribution in [3.8, 4) is 17.2 Å². The number of rotatable bonds is 7. The summed E-state index contributed by atoms with van der Waals surface area (Å²) < 4.78 is 11.6. The lowest BCUT2D eigenvalue weighted by atomic mass is 10.2. The number of carbonyl (C=O) groups excluding carboxylic acids is 1. The molecule has 3 aromatic rings. The second kappa shape index (κ2) is 9.29. The van der Waals surface area contributed by atoms with Gasteiger partial charge in [-0.1, -0.05) is 36.7 Å². The van der Waals surface area contributed by atoms with Gasteiger partial charge in [-0.2, -0.15) is 0 Å². The van der Waals surface area contributed by atoms with Crippen molar-refractivity contribution in [3.05, 3.63) is 83.4 Å². The van der Waals surface area contributed by atoms with E-state index in [1.807, 2.05) is 62.4 Å². The average molecular weight is 396 g/mol. The number of anilines is 1. The number of ether oxygens (including phenoxy) is 2. The number of hydrogen-bond acceptors (Lipinski definition) is 3. The summed E-state index contributed by atoms with van der Waals surface area (Å²) in [5, 5.41) is 3.55. The minimum atomic E-state index is -0.596. The van der Waals surface area contributed by atoms with Gasteiger partial charge in [0.2, 0.25) is 0 Å². The summed E-state index contributed by atoms with van der Waals surface area (Å²) in [6.07, 6.45) is -0.0521. The van der Waals surface area contributed by atoms with E-state index in [9.17, 15) is 4.79 Å². The molecule has 0 bridgehead atoms. The zero-order valence-electron chi connectivity index (χ0n) is 15.8. The molecule has 28 heavy (non-hydrogen) atoms. The predicted octanol–water partition coefficient (Wildman–Crippen LogP) is 6.24. The van der Waals surface area contributed by atoms with E-state index < -0.39 is 6.10 Å². The molecule has 0 saturated heterocycles. The quantitative estimate of drug-likeness (QED) is 0.515. The van der Waals surface area contributed by atoms with Crippen LogP contribution in [0.1, 0.15) is 18.9 Å². The number of nitrogens with one attached hydrogen (secondary N) is 1. The van der Waals surface area contributed by atoms with Gasteiger partial charge in [-0.05, 0) is 73.5 Å². The summed E-state index contributed by atoms with van der Waals surface area (Å²) in [5.74, 6) is 1.88. The first-order valence-corrected chi connectivity index (χ1v) is 9.49. The summed E-state index contributed by atoms with van der Waals surface area (Å²) in [7, 11) is 0. The van der Waals surface area contributed by atoms with Crippen molar-refractivity contribution in [2.45, 2.75) is 26.4 Å². The average Bonchev–Trinajstić information content (AvgIpc) is 2.71. The summed E-state index contributed by atoms with van der Waals surface area (Å²) >= 11 is 6.04. The molecular formula is C23H22ClNO3. The van der Waals surface area contributed by atoms with Crippen molar-refractivity contribution in [1.82, 2.24) is 0 Å². The third-order valence-electron chi connectivity index (χ3n) is 4.17. The smallest absolute Gasteiger partial charge is 0.265 e. The molecule has 3 rings (SSSR count). The predicted molar refractivity (Wildman–Crippen MR) is 112 cm³/mol. The number of benzene rings is 3. The van der Waals surface area contributed by atoms with E-state index in [1.54, 1.807) is 24.3 Å². The SMILES string of the molecule is CC[C@@H](Oc1ccc(Cl)c(C)c1)C(=O)Nc1ccc(Oc2ccccc2)cc1. The number of amides is 1. The molecule has 0 heterocycles. The molecule has 0 aliphatic heterocycles. The summed E-state index contributed by atoms with van der Waals surface area (Å²) in [5.41, 5.74) is 1.59. The standard InChI is InChI=1S/C23H22ClNO3/c1-3-22(28-20-13-14-21(24)16(2)15-20)23(26)25-17-9-11-19(12-10-17)27-18-7-5-4-6-8-18/h4-15,22H,3H2,1-2H3,(H,25,26)/t22-/m1/s1. The molecule has 0 aliphatic carbocycles. The van der Waals surface area contributed by atoms with Gasteiger partial charge in [0.05, 0.1) is 0 Å². The van der Waals surface area contributed by atoms with Gasteiger partial charge in [0.15, 0.2) is 6.10 Å². The van der Waals surface area contributed by atoms with Gasteiger partial charge in [-0.15, -0.1) is 0 Å². The zero-order chi connectivity index (χ0) is 19.9. The van der Waals surface area contributed by atoms with Crippen LogP contribution in [0, 0.1) is 6.92 Å². The lowest BCUT2D eigenvalue weighted by molar-refractivity contribution is -0.122. The normalized spacial score (nSPS) is 11.5. The minimum Gasteiger partial charge on any atom is -0.481 e. The highest BCUT2D eigenvalue weighted by atomic mass is 35.5. The highest BCUT2D eigenvalue weighted by Gasteiger charge is 2.19. The van der Waals surface area contributed by atoms with Crippen LogP contribution in [0.2, 0.25) is 5.02 Å². The lowest BCUT2D eigenvalue weighted by Crippen LogP contribution is -2.32. The molecule has 0 unspecified atom stereocenters. The van der Waals surface area contributed by atoms with Gasteiger partial charge in [0.25, 0.3) is 5.91 Å². The minimum absolute atomic E-state index is 0.202. The van der Waals surface area contributed by atoms with E-state index in [1.165, 1.54) is 0 Å². The topological polar surface area (TPSA) is 47.6 Å². The Morgan fingerprint density at radius 3 is 2.25 bits per heavy atom. The number of halogens is 1. The second-order valence-electron chi connectivity index (χ2n) is 6.35. The number of para-hydroxylation sites is 1. The Morgan fingerprint density at radius 1 is 0.964 bits per heavy atom. The molecule has 1 amide bonds. The van der Waals surface area contributed by atoms with Crippen LogP contribution in [0.4, 0.5) is 5.69 Å². The van der Waals surface area contributed by atoms with Crippen LogP contribution in [0.15, 0.2) is 72.8 Å². The first-order chi connectivity index (χ1) is 13.5. The summed E-state index contributed by atoms with van der Waals surface area (Å²) in [6, 6.07) is 22.1. The Balaban J connectivity index is 1.61. The first-order valence-electron chi connectivity index (χ1n) is 9.12. The molecule has 0 saturated carbocycles. The van der Waals surface area contributed by atoms with Gasteiger partial charge >= 0.3 is 0 Å². The van der Waals surface area contributed by atoms with Crippen molar-refractivity contribution in [2.24, 2.45) is 0 Å². The second-order valence-corrected chi connectivity index (χ2v) is 6.76. The fraction of sp³-hybridized carbons (Fsp3) is 0.174. The lowest BCUT2D eigenvalue weighted by Gasteiger charge is -2.18. The highest BCUT2D eigenvalue weighted by Crippen LogP contribution is 2.24. The monoisotopic (exact) mass is 395 g/mol. The molecule has 0 spiro atoms. The van der Waals surface area contributed by atoms with E-state index in [4.69, 9.17) is 21.1 Å². The zero-order valence-corrected chi connectivity index (χ0v) is 16.6. The Morgan fingerprint density at radius 2 is 1.61 bits per heavy atom. The van der Waals surface area contributed by atoms with Crippen LogP contribution in [0.3, 0.4) is 0 Å². The van der Waals surface area contributed by atoms with Crippen LogP contribution in [-0.2, 0) is 4.79 Å². The van der Waals surface area contributed by atoms with E-state index in [0.29, 0.717) is 28.6 Å². The summed E-state index contributed by atoms with van der Waals surface area (Å²) in [6.45, 7) is 3.80. The Bertz CT molecular complexity index is 926. The van der Waals surface area contributed by atoms with Crippen LogP contribution < -0.4 is 14.8 Å². The van der Waals surface area contributed by atoms with Crippen molar-refractivity contribution in [3.63, 3.8) is 0 Å². The molecule has 144 valence electrons. The van der Waals surface area contributed by atoms with Crippen molar-refractivity contribution in [1.29, 1.82) is 0 Å². The number of aryl methyl sites for hydroxylation is 1. The molecule has 0 fully saturated rings. The number of hydrogen-bond donors (Lipinski definition) is 1. The van der Waals surface area contributed by atoms with E-state index in [0.717, 1.165) is 11.3 Å². The third kappa shape index (κ3) is 5.27. The third-order valence-corrected chi connectivity index (χ3v) is 4.60. The fourth-order valence-corrected chi connectivity index (χ4v) is 2.75. The van der Waals surface area contributed by atoms with Crippen LogP contribution in [0.25, 0.3) is 0 Å². The van der Waals surface area contributed by atoms with E-state index >= 15 is 0 Å². The van der Waals surface area contributed by atoms with Crippen molar-refractivity contribution in [2.75, 3.05) is 5.32 Å². The molecular weight excluding hydrogens is 374 g/mol. The maximum Gasteiger partial charge on any atom is 0.265 e. The molecule has 4 nitrogen and oxygen atoms in total. The molecule has 0 aliphatic rings. The molecule has 1 atom stereocenters. The van der Waals surface area contributed by atoms with Gasteiger partial charge in [-0.3, -0.25) is 4.79 Å². The largest absolute Gasteiger partial charge is 0.481 e. The van der Waals surface area contributed by atoms with Gasteiger partial charge in [0.1, 0.15) is 17.2 Å². The van der Waals surface area contributed by atoms with Crippen LogP contribution in [0.5, 0.6) is 17.2 Å². The molecule has 5 heteroatoms. The van der Waals surface area contributed by atoms with E-state index in [2.05, 4.69) is 5.32 Å². The van der Waals surface area contributed by atoms with Gasteiger partial charge < -0.3 is 14.8 Å². The maximum atomic E-state index is 12.6. The van der Waals surface area contributed by atoms with Crippen molar-refractivity contribution < 1.29 is 14.3 Å². The van der Waals surface area contributed by atoms with Crippen LogP contribution in [-0.4, -0.2) is 12.0 Å². The van der Waals surface area contributed by atoms with Crippen molar-refractivity contribution >= 4 is 23.2 Å². The fourth-order valence-electron chi connectivity index (χ4n) is 2.63. The Kier molecular flexibility index (Phi) is 6.56. The highest BCUT2D eigenvalue weighted by molar-refractivity contribution is 6.31. The number of carbonyl (C=O) groups is 1. The maximum absolute atomic E-state index is 12.6. The summed E-state index contributed by atoms with van der Waals surface area (Å²) in [4.78, 5) is 12.6. The molecule has 0 radical (unpaired) electrons. The Hall–Kier alpha value is -2.98. The molecule has 3 aromatic carbocycles. The van der Waals surface area contributed by atoms with E-state index in [-0.39, 0.29) is 5.91 Å². The van der Waals surface area contributed by atoms with Gasteiger partial charge in [-0.25, -0.2) is 0 Å². The molecule has 1 N–H and O–H groups in total. The molecule has 0 aromatic heterocycles.